The Morgan fingerprint density at radius 2 is 1.89 bits per heavy atom. The molecule has 1 saturated heterocycles. The fourth-order valence-electron chi connectivity index (χ4n) is 4.25. The van der Waals surface area contributed by atoms with E-state index in [4.69, 9.17) is 4.74 Å². The van der Waals surface area contributed by atoms with Crippen LogP contribution in [0, 0.1) is 0 Å². The number of ether oxygens (including phenoxy) is 1. The fraction of sp³-hybridized carbons (Fsp3) is 0.370. The van der Waals surface area contributed by atoms with Crippen molar-refractivity contribution in [3.05, 3.63) is 81.3 Å². The molecule has 0 saturated carbocycles. The first kappa shape index (κ1) is 27.6. The third-order valence-electron chi connectivity index (χ3n) is 6.21. The van der Waals surface area contributed by atoms with Crippen LogP contribution in [0.25, 0.3) is 0 Å². The summed E-state index contributed by atoms with van der Waals surface area (Å²) in [5.74, 6) is 0.0864. The van der Waals surface area contributed by atoms with Gasteiger partial charge in [0.05, 0.1) is 19.2 Å². The van der Waals surface area contributed by atoms with Crippen LogP contribution in [0.3, 0.4) is 0 Å². The van der Waals surface area contributed by atoms with Crippen molar-refractivity contribution >= 4 is 23.2 Å². The normalized spacial score (nSPS) is 16.1. The zero-order valence-electron chi connectivity index (χ0n) is 20.9. The molecular weight excluding hydrogens is 517 g/mol. The number of benzene rings is 2. The van der Waals surface area contributed by atoms with Gasteiger partial charge in [0.25, 0.3) is 5.91 Å². The number of amides is 2. The van der Waals surface area contributed by atoms with E-state index < -0.39 is 23.7 Å². The van der Waals surface area contributed by atoms with E-state index >= 15 is 0 Å². The molecule has 1 aliphatic heterocycles. The molecule has 0 aliphatic carbocycles. The molecule has 1 atom stereocenters. The Morgan fingerprint density at radius 1 is 1.13 bits per heavy atom. The van der Waals surface area contributed by atoms with E-state index in [1.165, 1.54) is 17.4 Å². The van der Waals surface area contributed by atoms with Gasteiger partial charge in [0, 0.05) is 25.0 Å². The van der Waals surface area contributed by atoms with Crippen LogP contribution < -0.4 is 15.4 Å². The number of thiazole rings is 1. The van der Waals surface area contributed by atoms with Crippen LogP contribution in [0.1, 0.15) is 51.4 Å². The van der Waals surface area contributed by atoms with Gasteiger partial charge in [-0.25, -0.2) is 4.98 Å². The molecule has 1 fully saturated rings. The average Bonchev–Trinajstić information content (AvgIpc) is 3.27. The Bertz CT molecular complexity index is 1250. The zero-order valence-corrected chi connectivity index (χ0v) is 21.7. The minimum Gasteiger partial charge on any atom is -0.497 e. The van der Waals surface area contributed by atoms with Crippen molar-refractivity contribution in [1.29, 1.82) is 0 Å². The average molecular weight is 547 g/mol. The van der Waals surface area contributed by atoms with Gasteiger partial charge in [-0.05, 0) is 48.6 Å². The van der Waals surface area contributed by atoms with Crippen molar-refractivity contribution < 1.29 is 27.5 Å². The number of rotatable bonds is 9. The standard InChI is InChI=1S/C27H29F3N4O3S/c1-37-21-10-8-18(9-11-21)14-34(15-19-5-4-6-20(13-19)27(28,29)30)16-24-32-23(17-38-24)26(36)33-22-7-2-3-12-31-25(22)35/h4-6,8-11,13,17,22H,2-3,7,12,14-16H2,1H3,(H,31,35)(H,33,36). The molecule has 0 radical (unpaired) electrons. The molecular formula is C27H29F3N4O3S. The smallest absolute Gasteiger partial charge is 0.416 e. The van der Waals surface area contributed by atoms with E-state index in [0.29, 0.717) is 42.4 Å². The molecule has 2 aromatic carbocycles. The number of carbonyl (C=O) groups excluding carboxylic acids is 2. The molecule has 11 heteroatoms. The summed E-state index contributed by atoms with van der Waals surface area (Å²) in [7, 11) is 1.58. The van der Waals surface area contributed by atoms with Gasteiger partial charge in [-0.1, -0.05) is 30.3 Å². The number of nitrogens with zero attached hydrogens (tertiary/aromatic N) is 2. The number of methoxy groups -OCH3 is 1. The largest absolute Gasteiger partial charge is 0.497 e. The first-order chi connectivity index (χ1) is 18.2. The Morgan fingerprint density at radius 3 is 2.63 bits per heavy atom. The van der Waals surface area contributed by atoms with Crippen molar-refractivity contribution in [2.45, 2.75) is 51.1 Å². The number of nitrogens with one attached hydrogen (secondary N) is 2. The highest BCUT2D eigenvalue weighted by atomic mass is 32.1. The molecule has 38 heavy (non-hydrogen) atoms. The van der Waals surface area contributed by atoms with Crippen molar-refractivity contribution in [1.82, 2.24) is 20.5 Å². The summed E-state index contributed by atoms with van der Waals surface area (Å²) >= 11 is 1.29. The number of aromatic nitrogens is 1. The van der Waals surface area contributed by atoms with E-state index in [1.54, 1.807) is 18.6 Å². The van der Waals surface area contributed by atoms with Gasteiger partial charge in [-0.15, -0.1) is 11.3 Å². The zero-order chi connectivity index (χ0) is 27.1. The van der Waals surface area contributed by atoms with Gasteiger partial charge in [-0.2, -0.15) is 13.2 Å². The lowest BCUT2D eigenvalue weighted by atomic mass is 10.1. The molecule has 1 aliphatic rings. The van der Waals surface area contributed by atoms with Gasteiger partial charge in [0.2, 0.25) is 5.91 Å². The third kappa shape index (κ3) is 7.55. The summed E-state index contributed by atoms with van der Waals surface area (Å²) in [4.78, 5) is 31.4. The monoisotopic (exact) mass is 546 g/mol. The first-order valence-corrected chi connectivity index (χ1v) is 13.1. The van der Waals surface area contributed by atoms with Gasteiger partial charge >= 0.3 is 6.18 Å². The predicted octanol–water partition coefficient (Wildman–Crippen LogP) is 4.77. The minimum atomic E-state index is -4.43. The number of alkyl halides is 3. The molecule has 202 valence electrons. The summed E-state index contributed by atoms with van der Waals surface area (Å²) in [5, 5.41) is 7.83. The second-order valence-corrected chi connectivity index (χ2v) is 10.1. The van der Waals surface area contributed by atoms with Crippen LogP contribution >= 0.6 is 11.3 Å². The topological polar surface area (TPSA) is 83.6 Å². The summed E-state index contributed by atoms with van der Waals surface area (Å²) in [6, 6.07) is 12.1. The highest BCUT2D eigenvalue weighted by Crippen LogP contribution is 2.30. The quantitative estimate of drug-likeness (QED) is 0.404. The molecule has 3 aromatic rings. The fourth-order valence-corrected chi connectivity index (χ4v) is 5.06. The first-order valence-electron chi connectivity index (χ1n) is 12.3. The van der Waals surface area contributed by atoms with Crippen LogP contribution in [0.5, 0.6) is 5.75 Å². The van der Waals surface area contributed by atoms with E-state index in [1.807, 2.05) is 29.2 Å². The SMILES string of the molecule is COc1ccc(CN(Cc2cccc(C(F)(F)F)c2)Cc2nc(C(=O)NC3CCCCNC3=O)cs2)cc1. The lowest BCUT2D eigenvalue weighted by Crippen LogP contribution is -2.45. The maximum Gasteiger partial charge on any atom is 0.416 e. The predicted molar refractivity (Wildman–Crippen MR) is 138 cm³/mol. The molecule has 1 aromatic heterocycles. The molecule has 0 spiro atoms. The highest BCUT2D eigenvalue weighted by Gasteiger charge is 2.30. The lowest BCUT2D eigenvalue weighted by molar-refractivity contribution is -0.137. The summed E-state index contributed by atoms with van der Waals surface area (Å²) in [6.45, 7) is 1.62. The Kier molecular flexibility index (Phi) is 9.01. The highest BCUT2D eigenvalue weighted by molar-refractivity contribution is 7.09. The Labute approximate surface area is 223 Å². The Hall–Kier alpha value is -3.44. The third-order valence-corrected chi connectivity index (χ3v) is 7.04. The molecule has 2 amide bonds. The van der Waals surface area contributed by atoms with E-state index in [-0.39, 0.29) is 18.1 Å². The number of carbonyl (C=O) groups is 2. The van der Waals surface area contributed by atoms with Crippen molar-refractivity contribution in [2.75, 3.05) is 13.7 Å². The molecule has 1 unspecified atom stereocenters. The van der Waals surface area contributed by atoms with Crippen LogP contribution in [0.15, 0.2) is 53.9 Å². The maximum atomic E-state index is 13.3. The summed E-state index contributed by atoms with van der Waals surface area (Å²) < 4.78 is 45.0. The molecule has 2 heterocycles. The van der Waals surface area contributed by atoms with Crippen LogP contribution in [-0.4, -0.2) is 41.4 Å². The van der Waals surface area contributed by atoms with E-state index in [0.717, 1.165) is 30.5 Å². The van der Waals surface area contributed by atoms with Gasteiger partial charge in [0.1, 0.15) is 22.5 Å². The number of halogens is 3. The lowest BCUT2D eigenvalue weighted by Gasteiger charge is -2.22. The summed E-state index contributed by atoms with van der Waals surface area (Å²) in [5.41, 5.74) is 0.981. The van der Waals surface area contributed by atoms with Gasteiger partial charge in [-0.3, -0.25) is 14.5 Å². The number of hydrogen-bond donors (Lipinski definition) is 2. The van der Waals surface area contributed by atoms with Crippen molar-refractivity contribution in [2.24, 2.45) is 0 Å². The molecule has 2 N–H and O–H groups in total. The Balaban J connectivity index is 1.49. The van der Waals surface area contributed by atoms with Crippen LogP contribution in [-0.2, 0) is 30.6 Å². The van der Waals surface area contributed by atoms with Crippen molar-refractivity contribution in [3.63, 3.8) is 0 Å². The summed E-state index contributed by atoms with van der Waals surface area (Å²) in [6.07, 6.45) is -2.15. The van der Waals surface area contributed by atoms with Crippen LogP contribution in [0.4, 0.5) is 13.2 Å². The van der Waals surface area contributed by atoms with Crippen molar-refractivity contribution in [3.8, 4) is 5.75 Å². The van der Waals surface area contributed by atoms with Gasteiger partial charge in [0.15, 0.2) is 0 Å². The van der Waals surface area contributed by atoms with E-state index in [9.17, 15) is 22.8 Å². The molecule has 4 rings (SSSR count). The van der Waals surface area contributed by atoms with Crippen LogP contribution in [0.2, 0.25) is 0 Å². The minimum absolute atomic E-state index is 0.196. The maximum absolute atomic E-state index is 13.3. The molecule has 7 nitrogen and oxygen atoms in total. The second-order valence-electron chi connectivity index (χ2n) is 9.13. The van der Waals surface area contributed by atoms with E-state index in [2.05, 4.69) is 15.6 Å². The second kappa shape index (κ2) is 12.4. The number of hydrogen-bond acceptors (Lipinski definition) is 6. The van der Waals surface area contributed by atoms with Gasteiger partial charge < -0.3 is 15.4 Å². The molecule has 0 bridgehead atoms.